The van der Waals surface area contributed by atoms with E-state index < -0.39 is 24.1 Å². The molecule has 0 saturated carbocycles. The highest BCUT2D eigenvalue weighted by Gasteiger charge is 2.24. The fourth-order valence-corrected chi connectivity index (χ4v) is 3.41. The molecule has 1 fully saturated rings. The molecule has 9 heteroatoms. The number of nitrogens with one attached hydrogen (secondary N) is 1. The van der Waals surface area contributed by atoms with Crippen LogP contribution in [0.3, 0.4) is 0 Å². The summed E-state index contributed by atoms with van der Waals surface area (Å²) in [4.78, 5) is 26.9. The summed E-state index contributed by atoms with van der Waals surface area (Å²) in [5, 5.41) is 3.48. The number of anilines is 2. The molecule has 1 aliphatic heterocycles. The number of benzene rings is 2. The van der Waals surface area contributed by atoms with E-state index in [-0.39, 0.29) is 5.02 Å². The first-order valence-corrected chi connectivity index (χ1v) is 10.6. The summed E-state index contributed by atoms with van der Waals surface area (Å²) >= 11 is 11.9. The maximum atomic E-state index is 12.4. The lowest BCUT2D eigenvalue weighted by Crippen LogP contribution is -2.36. The van der Waals surface area contributed by atoms with E-state index >= 15 is 0 Å². The van der Waals surface area contributed by atoms with E-state index in [1.54, 1.807) is 12.1 Å². The van der Waals surface area contributed by atoms with Crippen LogP contribution in [0.5, 0.6) is 5.75 Å². The first-order valence-electron chi connectivity index (χ1n) is 9.89. The number of hydrogen-bond donors (Lipinski definition) is 1. The van der Waals surface area contributed by atoms with Gasteiger partial charge in [0.1, 0.15) is 5.75 Å². The van der Waals surface area contributed by atoms with Crippen LogP contribution in [-0.4, -0.2) is 50.4 Å². The predicted molar refractivity (Wildman–Crippen MR) is 120 cm³/mol. The molecule has 1 amide bonds. The number of esters is 1. The largest absolute Gasteiger partial charge is 0.477 e. The molecular formula is C22H24Cl2N2O5. The van der Waals surface area contributed by atoms with Gasteiger partial charge in [0.25, 0.3) is 5.91 Å². The molecule has 2 aromatic rings. The zero-order chi connectivity index (χ0) is 22.4. The van der Waals surface area contributed by atoms with Crippen LogP contribution in [0.25, 0.3) is 0 Å². The number of morpholine rings is 1. The number of hydrogen-bond acceptors (Lipinski definition) is 6. The van der Waals surface area contributed by atoms with Crippen LogP contribution >= 0.6 is 23.2 Å². The molecule has 1 heterocycles. The predicted octanol–water partition coefficient (Wildman–Crippen LogP) is 4.17. The lowest BCUT2D eigenvalue weighted by molar-refractivity contribution is -0.159. The molecule has 1 saturated heterocycles. The van der Waals surface area contributed by atoms with E-state index in [4.69, 9.17) is 37.4 Å². The average Bonchev–Trinajstić information content (AvgIpc) is 2.76. The Labute approximate surface area is 191 Å². The summed E-state index contributed by atoms with van der Waals surface area (Å²) in [6, 6.07) is 12.2. The number of halogens is 2. The van der Waals surface area contributed by atoms with Gasteiger partial charge in [0.2, 0.25) is 0 Å². The second-order valence-electron chi connectivity index (χ2n) is 7.05. The molecule has 7 nitrogen and oxygen atoms in total. The SMILES string of the molecule is C[C@H](OC(=O)[C@H](C)Oc1ccc(Cl)cc1Cl)C(=O)Nc1ccc(N2CCOCC2)cc1. The summed E-state index contributed by atoms with van der Waals surface area (Å²) in [7, 11) is 0. The van der Waals surface area contributed by atoms with Gasteiger partial charge in [0.15, 0.2) is 12.2 Å². The van der Waals surface area contributed by atoms with Crippen LogP contribution in [0.15, 0.2) is 42.5 Å². The van der Waals surface area contributed by atoms with Crippen molar-refractivity contribution in [2.45, 2.75) is 26.1 Å². The van der Waals surface area contributed by atoms with Crippen molar-refractivity contribution >= 4 is 46.5 Å². The van der Waals surface area contributed by atoms with Gasteiger partial charge in [-0.25, -0.2) is 4.79 Å². The van der Waals surface area contributed by atoms with Crippen molar-refractivity contribution < 1.29 is 23.8 Å². The third kappa shape index (κ3) is 6.50. The summed E-state index contributed by atoms with van der Waals surface area (Å²) in [6.07, 6.45) is -1.96. The quantitative estimate of drug-likeness (QED) is 0.617. The number of carbonyl (C=O) groups is 2. The van der Waals surface area contributed by atoms with Crippen LogP contribution in [0, 0.1) is 0 Å². The van der Waals surface area contributed by atoms with Gasteiger partial charge < -0.3 is 24.4 Å². The van der Waals surface area contributed by atoms with Crippen molar-refractivity contribution in [3.8, 4) is 5.75 Å². The van der Waals surface area contributed by atoms with Crippen LogP contribution in [0.2, 0.25) is 10.0 Å². The first-order chi connectivity index (χ1) is 14.8. The van der Waals surface area contributed by atoms with Gasteiger partial charge in [-0.1, -0.05) is 23.2 Å². The maximum absolute atomic E-state index is 12.4. The van der Waals surface area contributed by atoms with E-state index in [1.807, 2.05) is 24.3 Å². The van der Waals surface area contributed by atoms with Gasteiger partial charge in [0.05, 0.1) is 18.2 Å². The number of rotatable bonds is 7. The summed E-state index contributed by atoms with van der Waals surface area (Å²) in [6.45, 7) is 6.08. The molecule has 2 aromatic carbocycles. The van der Waals surface area contributed by atoms with Crippen LogP contribution in [0.1, 0.15) is 13.8 Å². The fraction of sp³-hybridized carbons (Fsp3) is 0.364. The Bertz CT molecular complexity index is 917. The zero-order valence-electron chi connectivity index (χ0n) is 17.3. The molecule has 1 N–H and O–H groups in total. The molecule has 166 valence electrons. The molecule has 3 rings (SSSR count). The molecule has 0 aliphatic carbocycles. The van der Waals surface area contributed by atoms with E-state index in [2.05, 4.69) is 10.2 Å². The zero-order valence-corrected chi connectivity index (χ0v) is 18.8. The van der Waals surface area contributed by atoms with E-state index in [0.717, 1.165) is 18.8 Å². The molecule has 0 spiro atoms. The van der Waals surface area contributed by atoms with Crippen LogP contribution in [0.4, 0.5) is 11.4 Å². The maximum Gasteiger partial charge on any atom is 0.347 e. The highest BCUT2D eigenvalue weighted by atomic mass is 35.5. The third-order valence-electron chi connectivity index (χ3n) is 4.70. The number of ether oxygens (including phenoxy) is 3. The van der Waals surface area contributed by atoms with E-state index in [0.29, 0.717) is 29.7 Å². The van der Waals surface area contributed by atoms with Crippen LogP contribution < -0.4 is 15.0 Å². The fourth-order valence-electron chi connectivity index (χ4n) is 2.95. The highest BCUT2D eigenvalue weighted by Crippen LogP contribution is 2.28. The number of amides is 1. The van der Waals surface area contributed by atoms with Crippen molar-refractivity contribution in [2.24, 2.45) is 0 Å². The van der Waals surface area contributed by atoms with Crippen molar-refractivity contribution in [2.75, 3.05) is 36.5 Å². The molecule has 0 radical (unpaired) electrons. The van der Waals surface area contributed by atoms with Crippen molar-refractivity contribution in [1.82, 2.24) is 0 Å². The van der Waals surface area contributed by atoms with Gasteiger partial charge in [-0.15, -0.1) is 0 Å². The summed E-state index contributed by atoms with van der Waals surface area (Å²) in [5.74, 6) is -0.825. The van der Waals surface area contributed by atoms with Crippen molar-refractivity contribution in [3.05, 3.63) is 52.5 Å². The lowest BCUT2D eigenvalue weighted by atomic mass is 10.2. The Kier molecular flexibility index (Phi) is 8.01. The Morgan fingerprint density at radius 1 is 1.03 bits per heavy atom. The second kappa shape index (κ2) is 10.7. The average molecular weight is 467 g/mol. The highest BCUT2D eigenvalue weighted by molar-refractivity contribution is 6.35. The monoisotopic (exact) mass is 466 g/mol. The molecule has 2 atom stereocenters. The Morgan fingerprint density at radius 2 is 1.71 bits per heavy atom. The normalized spacial score (nSPS) is 15.7. The molecule has 0 aromatic heterocycles. The van der Waals surface area contributed by atoms with Gasteiger partial charge in [0, 0.05) is 29.5 Å². The van der Waals surface area contributed by atoms with Gasteiger partial charge in [-0.3, -0.25) is 4.79 Å². The first kappa shape index (κ1) is 23.2. The smallest absolute Gasteiger partial charge is 0.347 e. The Balaban J connectivity index is 1.50. The standard InChI is InChI=1S/C22H24Cl2N2O5/c1-14(31-22(28)15(2)30-20-8-3-16(23)13-19(20)24)21(27)25-17-4-6-18(7-5-17)26-9-11-29-12-10-26/h3-8,13-15H,9-12H2,1-2H3,(H,25,27)/t14-,15-/m0/s1. The van der Waals surface area contributed by atoms with Crippen LogP contribution in [-0.2, 0) is 19.1 Å². The molecule has 1 aliphatic rings. The minimum atomic E-state index is -1.00. The van der Waals surface area contributed by atoms with E-state index in [1.165, 1.54) is 19.9 Å². The molecule has 31 heavy (non-hydrogen) atoms. The summed E-state index contributed by atoms with van der Waals surface area (Å²) < 4.78 is 16.1. The third-order valence-corrected chi connectivity index (χ3v) is 5.23. The van der Waals surface area contributed by atoms with E-state index in [9.17, 15) is 9.59 Å². The minimum Gasteiger partial charge on any atom is -0.477 e. The lowest BCUT2D eigenvalue weighted by Gasteiger charge is -2.29. The number of carbonyl (C=O) groups excluding carboxylic acids is 2. The van der Waals surface area contributed by atoms with Gasteiger partial charge in [-0.2, -0.15) is 0 Å². The topological polar surface area (TPSA) is 77.1 Å². The Morgan fingerprint density at radius 3 is 2.35 bits per heavy atom. The Hall–Kier alpha value is -2.48. The molecular weight excluding hydrogens is 443 g/mol. The van der Waals surface area contributed by atoms with Gasteiger partial charge in [-0.05, 0) is 56.3 Å². The second-order valence-corrected chi connectivity index (χ2v) is 7.89. The molecule has 0 bridgehead atoms. The molecule has 0 unspecified atom stereocenters. The van der Waals surface area contributed by atoms with Crippen molar-refractivity contribution in [3.63, 3.8) is 0 Å². The number of nitrogens with zero attached hydrogens (tertiary/aromatic N) is 1. The van der Waals surface area contributed by atoms with Gasteiger partial charge >= 0.3 is 5.97 Å². The van der Waals surface area contributed by atoms with Crippen molar-refractivity contribution in [1.29, 1.82) is 0 Å². The summed E-state index contributed by atoms with van der Waals surface area (Å²) in [5.41, 5.74) is 1.68. The minimum absolute atomic E-state index is 0.276.